The van der Waals surface area contributed by atoms with Crippen molar-refractivity contribution < 1.29 is 27.4 Å². The zero-order valence-electron chi connectivity index (χ0n) is 19.9. The van der Waals surface area contributed by atoms with Gasteiger partial charge in [-0.25, -0.2) is 0 Å². The first-order valence-corrected chi connectivity index (χ1v) is 11.7. The standard InChI is InChI=1S/C25H32F3N3O3/c1-4-30(22-8-5-18(2)14-24(22,3)25(26,27)28)16-23(32)31-11-9-29(10-12-31)15-19-6-7-20-21(13-19)34-17-33-20/h5-8,13-14,22H,4,9-12,15-17H2,1-3H3. The van der Waals surface area contributed by atoms with Crippen LogP contribution in [0.2, 0.25) is 0 Å². The van der Waals surface area contributed by atoms with Gasteiger partial charge in [-0.2, -0.15) is 13.2 Å². The van der Waals surface area contributed by atoms with E-state index in [1.165, 1.54) is 13.0 Å². The van der Waals surface area contributed by atoms with Crippen molar-refractivity contribution in [1.82, 2.24) is 14.7 Å². The van der Waals surface area contributed by atoms with Crippen LogP contribution in [0.1, 0.15) is 26.3 Å². The van der Waals surface area contributed by atoms with E-state index in [1.54, 1.807) is 35.8 Å². The zero-order chi connectivity index (χ0) is 24.5. The minimum absolute atomic E-state index is 0.0355. The van der Waals surface area contributed by atoms with Crippen LogP contribution in [0.5, 0.6) is 11.5 Å². The number of fused-ring (bicyclic) bond motifs is 1. The first kappa shape index (κ1) is 24.6. The first-order chi connectivity index (χ1) is 16.1. The number of allylic oxidation sites excluding steroid dienone is 2. The third-order valence-corrected chi connectivity index (χ3v) is 7.00. The van der Waals surface area contributed by atoms with E-state index in [0.29, 0.717) is 38.3 Å². The Balaban J connectivity index is 1.34. The van der Waals surface area contributed by atoms with Crippen LogP contribution in [-0.4, -0.2) is 78.9 Å². The smallest absolute Gasteiger partial charge is 0.399 e. The van der Waals surface area contributed by atoms with E-state index in [2.05, 4.69) is 4.90 Å². The molecule has 3 aliphatic rings. The molecule has 6 nitrogen and oxygen atoms in total. The summed E-state index contributed by atoms with van der Waals surface area (Å²) in [6, 6.07) is 4.97. The van der Waals surface area contributed by atoms with E-state index in [-0.39, 0.29) is 19.2 Å². The molecular formula is C25H32F3N3O3. The topological polar surface area (TPSA) is 45.3 Å². The molecule has 34 heavy (non-hydrogen) atoms. The average Bonchev–Trinajstić information content (AvgIpc) is 3.25. The number of halogens is 3. The SMILES string of the molecule is CCN(CC(=O)N1CCN(Cc2ccc3c(c2)OCO3)CC1)C1C=CC(C)=CC1(C)C(F)(F)F. The number of nitrogens with zero attached hydrogens (tertiary/aromatic N) is 3. The summed E-state index contributed by atoms with van der Waals surface area (Å²) in [6.07, 6.45) is 0.156. The Hall–Kier alpha value is -2.52. The summed E-state index contributed by atoms with van der Waals surface area (Å²) in [7, 11) is 0. The normalized spacial score (nSPS) is 25.1. The summed E-state index contributed by atoms with van der Waals surface area (Å²) in [5, 5.41) is 0. The molecule has 4 rings (SSSR count). The molecule has 1 aliphatic carbocycles. The minimum Gasteiger partial charge on any atom is -0.454 e. The van der Waals surface area contributed by atoms with E-state index in [0.717, 1.165) is 23.6 Å². The van der Waals surface area contributed by atoms with Gasteiger partial charge in [-0.3, -0.25) is 14.6 Å². The predicted molar refractivity (Wildman–Crippen MR) is 123 cm³/mol. The number of hydrogen-bond donors (Lipinski definition) is 0. The molecule has 2 heterocycles. The van der Waals surface area contributed by atoms with E-state index in [9.17, 15) is 18.0 Å². The Labute approximate surface area is 198 Å². The first-order valence-electron chi connectivity index (χ1n) is 11.7. The monoisotopic (exact) mass is 479 g/mol. The molecule has 1 saturated heterocycles. The van der Waals surface area contributed by atoms with Crippen molar-refractivity contribution in [2.45, 2.75) is 39.5 Å². The number of likely N-dealkylation sites (N-methyl/N-ethyl adjacent to an activating group) is 1. The van der Waals surface area contributed by atoms with Gasteiger partial charge in [0.05, 0.1) is 6.54 Å². The molecule has 0 spiro atoms. The number of rotatable bonds is 6. The van der Waals surface area contributed by atoms with Crippen LogP contribution in [0.3, 0.4) is 0 Å². The van der Waals surface area contributed by atoms with Crippen LogP contribution in [-0.2, 0) is 11.3 Å². The summed E-state index contributed by atoms with van der Waals surface area (Å²) in [4.78, 5) is 18.7. The fourth-order valence-corrected chi connectivity index (χ4v) is 4.93. The largest absolute Gasteiger partial charge is 0.454 e. The van der Waals surface area contributed by atoms with Crippen molar-refractivity contribution in [1.29, 1.82) is 0 Å². The van der Waals surface area contributed by atoms with Gasteiger partial charge in [0.15, 0.2) is 11.5 Å². The zero-order valence-corrected chi connectivity index (χ0v) is 19.9. The number of carbonyl (C=O) groups is 1. The molecule has 1 aromatic carbocycles. The van der Waals surface area contributed by atoms with Gasteiger partial charge < -0.3 is 14.4 Å². The van der Waals surface area contributed by atoms with Crippen molar-refractivity contribution >= 4 is 5.91 Å². The van der Waals surface area contributed by atoms with Crippen LogP contribution in [0, 0.1) is 5.41 Å². The lowest BCUT2D eigenvalue weighted by atomic mass is 9.76. The predicted octanol–water partition coefficient (Wildman–Crippen LogP) is 3.83. The molecule has 1 fully saturated rings. The molecule has 0 aromatic heterocycles. The van der Waals surface area contributed by atoms with Crippen molar-refractivity contribution in [3.63, 3.8) is 0 Å². The fraction of sp³-hybridized carbons (Fsp3) is 0.560. The quantitative estimate of drug-likeness (QED) is 0.621. The Morgan fingerprint density at radius 3 is 2.56 bits per heavy atom. The second-order valence-electron chi connectivity index (χ2n) is 9.38. The van der Waals surface area contributed by atoms with Crippen molar-refractivity contribution in [3.05, 3.63) is 47.6 Å². The maximum absolute atomic E-state index is 14.0. The number of hydrogen-bond acceptors (Lipinski definition) is 5. The lowest BCUT2D eigenvalue weighted by Gasteiger charge is -2.44. The highest BCUT2D eigenvalue weighted by molar-refractivity contribution is 5.78. The summed E-state index contributed by atoms with van der Waals surface area (Å²) in [5.74, 6) is 1.37. The summed E-state index contributed by atoms with van der Waals surface area (Å²) in [5.41, 5.74) is -0.345. The maximum atomic E-state index is 14.0. The van der Waals surface area contributed by atoms with Gasteiger partial charge in [0.2, 0.25) is 12.7 Å². The summed E-state index contributed by atoms with van der Waals surface area (Å²) < 4.78 is 52.8. The molecule has 9 heteroatoms. The second kappa shape index (κ2) is 9.62. The van der Waals surface area contributed by atoms with Gasteiger partial charge in [-0.15, -0.1) is 0 Å². The summed E-state index contributed by atoms with van der Waals surface area (Å²) in [6.45, 7) is 8.49. The number of amides is 1. The molecule has 1 aromatic rings. The molecule has 0 N–H and O–H groups in total. The van der Waals surface area contributed by atoms with Crippen LogP contribution in [0.4, 0.5) is 13.2 Å². The number of alkyl halides is 3. The van der Waals surface area contributed by atoms with Gasteiger partial charge in [0.1, 0.15) is 5.41 Å². The van der Waals surface area contributed by atoms with Crippen LogP contribution in [0.15, 0.2) is 42.0 Å². The van der Waals surface area contributed by atoms with E-state index in [1.807, 2.05) is 18.2 Å². The van der Waals surface area contributed by atoms with Gasteiger partial charge in [-0.1, -0.05) is 36.8 Å². The van der Waals surface area contributed by atoms with E-state index in [4.69, 9.17) is 9.47 Å². The Morgan fingerprint density at radius 1 is 1.18 bits per heavy atom. The van der Waals surface area contributed by atoms with Crippen molar-refractivity contribution in [2.24, 2.45) is 5.41 Å². The molecule has 186 valence electrons. The molecule has 0 radical (unpaired) electrons. The second-order valence-corrected chi connectivity index (χ2v) is 9.38. The molecule has 2 atom stereocenters. The number of ether oxygens (including phenoxy) is 2. The Kier molecular flexibility index (Phi) is 6.96. The van der Waals surface area contributed by atoms with Gasteiger partial charge in [0.25, 0.3) is 0 Å². The number of piperazine rings is 1. The number of carbonyl (C=O) groups excluding carboxylic acids is 1. The highest BCUT2D eigenvalue weighted by Crippen LogP contribution is 2.47. The molecule has 2 aliphatic heterocycles. The maximum Gasteiger partial charge on any atom is 0.399 e. The van der Waals surface area contributed by atoms with Crippen molar-refractivity contribution in [3.8, 4) is 11.5 Å². The third-order valence-electron chi connectivity index (χ3n) is 7.00. The van der Waals surface area contributed by atoms with Crippen molar-refractivity contribution in [2.75, 3.05) is 46.1 Å². The molecule has 2 unspecified atom stereocenters. The summed E-state index contributed by atoms with van der Waals surface area (Å²) >= 11 is 0. The average molecular weight is 480 g/mol. The van der Waals surface area contributed by atoms with Gasteiger partial charge in [-0.05, 0) is 38.1 Å². The molecule has 0 bridgehead atoms. The molecule has 0 saturated carbocycles. The Bertz CT molecular complexity index is 970. The minimum atomic E-state index is -4.42. The van der Waals surface area contributed by atoms with Crippen LogP contribution in [0.25, 0.3) is 0 Å². The third kappa shape index (κ3) is 4.95. The lowest BCUT2D eigenvalue weighted by molar-refractivity contribution is -0.215. The highest BCUT2D eigenvalue weighted by Gasteiger charge is 2.56. The highest BCUT2D eigenvalue weighted by atomic mass is 19.4. The van der Waals surface area contributed by atoms with Crippen LogP contribution < -0.4 is 9.47 Å². The van der Waals surface area contributed by atoms with Crippen LogP contribution >= 0.6 is 0 Å². The van der Waals surface area contributed by atoms with Gasteiger partial charge in [0, 0.05) is 38.8 Å². The fourth-order valence-electron chi connectivity index (χ4n) is 4.93. The van der Waals surface area contributed by atoms with Gasteiger partial charge >= 0.3 is 6.18 Å². The Morgan fingerprint density at radius 2 is 1.88 bits per heavy atom. The van der Waals surface area contributed by atoms with E-state index < -0.39 is 17.6 Å². The number of benzene rings is 1. The molecule has 1 amide bonds. The van der Waals surface area contributed by atoms with E-state index >= 15 is 0 Å². The molecular weight excluding hydrogens is 447 g/mol. The lowest BCUT2D eigenvalue weighted by Crippen LogP contribution is -2.56.